The lowest BCUT2D eigenvalue weighted by atomic mass is 9.86. The number of ether oxygens (including phenoxy) is 4. The predicted molar refractivity (Wildman–Crippen MR) is 153 cm³/mol. The molecule has 1 aliphatic rings. The second-order valence-corrected chi connectivity index (χ2v) is 10.5. The summed E-state index contributed by atoms with van der Waals surface area (Å²) >= 11 is 0. The van der Waals surface area contributed by atoms with Gasteiger partial charge in [-0.05, 0) is 37.8 Å². The molecule has 0 fully saturated rings. The summed E-state index contributed by atoms with van der Waals surface area (Å²) in [5, 5.41) is 24.2. The molecular weight excluding hydrogens is 516 g/mol. The lowest BCUT2D eigenvalue weighted by Crippen LogP contribution is -2.37. The molecule has 222 valence electrons. The van der Waals surface area contributed by atoms with Crippen LogP contribution in [0.15, 0.2) is 47.6 Å². The summed E-state index contributed by atoms with van der Waals surface area (Å²) in [7, 11) is 4.73. The van der Waals surface area contributed by atoms with Gasteiger partial charge in [-0.2, -0.15) is 0 Å². The molecule has 2 amide bonds. The third-order valence-corrected chi connectivity index (χ3v) is 7.33. The fourth-order valence-electron chi connectivity index (χ4n) is 5.30. The van der Waals surface area contributed by atoms with Crippen molar-refractivity contribution in [3.05, 3.63) is 53.1 Å². The van der Waals surface area contributed by atoms with Gasteiger partial charge in [0.15, 0.2) is 0 Å². The monoisotopic (exact) mass is 560 g/mol. The minimum atomic E-state index is -0.891. The van der Waals surface area contributed by atoms with Crippen LogP contribution in [0.25, 0.3) is 0 Å². The molecule has 10 nitrogen and oxygen atoms in total. The van der Waals surface area contributed by atoms with E-state index in [0.717, 1.165) is 5.57 Å². The van der Waals surface area contributed by atoms with Crippen LogP contribution in [0.4, 0.5) is 10.5 Å². The van der Waals surface area contributed by atoms with Crippen LogP contribution >= 0.6 is 0 Å². The van der Waals surface area contributed by atoms with Gasteiger partial charge >= 0.3 is 6.09 Å². The van der Waals surface area contributed by atoms with E-state index in [9.17, 15) is 19.8 Å². The summed E-state index contributed by atoms with van der Waals surface area (Å²) in [6.45, 7) is 9.30. The van der Waals surface area contributed by atoms with Crippen molar-refractivity contribution in [3.8, 4) is 11.5 Å². The first-order valence-corrected chi connectivity index (χ1v) is 13.3. The van der Waals surface area contributed by atoms with Crippen molar-refractivity contribution in [2.75, 3.05) is 26.6 Å². The highest BCUT2D eigenvalue weighted by molar-refractivity contribution is 6.04. The molecule has 5 N–H and O–H groups in total. The third-order valence-electron chi connectivity index (χ3n) is 7.33. The first kappa shape index (κ1) is 32.9. The largest absolute Gasteiger partial charge is 0.508 e. The Morgan fingerprint density at radius 1 is 1.00 bits per heavy atom. The summed E-state index contributed by atoms with van der Waals surface area (Å²) in [5.74, 6) is -1.43. The maximum absolute atomic E-state index is 12.9. The van der Waals surface area contributed by atoms with Gasteiger partial charge in [0, 0.05) is 50.4 Å². The molecule has 0 aromatic heterocycles. The lowest BCUT2D eigenvalue weighted by molar-refractivity contribution is -0.112. The van der Waals surface area contributed by atoms with Crippen molar-refractivity contribution in [1.82, 2.24) is 0 Å². The summed E-state index contributed by atoms with van der Waals surface area (Å²) in [6.07, 6.45) is 4.64. The average Bonchev–Trinajstić information content (AvgIpc) is 2.88. The van der Waals surface area contributed by atoms with Gasteiger partial charge in [-0.3, -0.25) is 4.79 Å². The zero-order valence-corrected chi connectivity index (χ0v) is 24.6. The number of benzene rings is 1. The number of nitrogens with two attached hydrogens (primary N) is 1. The Hall–Kier alpha value is -3.34. The number of aromatic hydroxyl groups is 2. The van der Waals surface area contributed by atoms with Gasteiger partial charge in [0.2, 0.25) is 0 Å². The maximum atomic E-state index is 12.9. The number of fused-ring (bicyclic) bond motifs is 2. The third kappa shape index (κ3) is 8.33. The zero-order chi connectivity index (χ0) is 30.1. The minimum absolute atomic E-state index is 0.0543. The number of amides is 2. The highest BCUT2D eigenvalue weighted by atomic mass is 16.6. The van der Waals surface area contributed by atoms with Crippen molar-refractivity contribution in [3.63, 3.8) is 0 Å². The molecule has 2 rings (SSSR count). The number of hydrogen-bond acceptors (Lipinski definition) is 8. The highest BCUT2D eigenvalue weighted by Crippen LogP contribution is 2.42. The molecule has 1 heterocycles. The van der Waals surface area contributed by atoms with Crippen LogP contribution in [-0.4, -0.2) is 61.9 Å². The molecule has 1 aliphatic heterocycles. The molecule has 1 aromatic carbocycles. The van der Waals surface area contributed by atoms with E-state index in [1.54, 1.807) is 39.4 Å². The molecule has 2 bridgehead atoms. The number of primary amides is 1. The van der Waals surface area contributed by atoms with Gasteiger partial charge in [0.1, 0.15) is 17.6 Å². The summed E-state index contributed by atoms with van der Waals surface area (Å²) in [4.78, 5) is 24.6. The second-order valence-electron chi connectivity index (χ2n) is 10.5. The number of nitrogens with one attached hydrogen (secondary N) is 1. The second kappa shape index (κ2) is 14.9. The molecule has 7 atom stereocenters. The van der Waals surface area contributed by atoms with Gasteiger partial charge in [-0.15, -0.1) is 0 Å². The van der Waals surface area contributed by atoms with Crippen molar-refractivity contribution >= 4 is 17.7 Å². The number of phenols is 2. The Labute approximate surface area is 236 Å². The first-order valence-electron chi connectivity index (χ1n) is 13.3. The van der Waals surface area contributed by atoms with Crippen LogP contribution in [0.3, 0.4) is 0 Å². The SMILES string of the molecule is CO[C@@H]1[C@H](C)/C=C(/C)[C@H](OC(N)=O)[C@H](C)/C=C\C=C(\C)C(=O)Nc2cc(O)cc(c2O)[C@H](OC)[C@H](C)C[C@@H]1OC. The number of carbonyl (C=O) groups is 2. The van der Waals surface area contributed by atoms with E-state index in [4.69, 9.17) is 24.7 Å². The van der Waals surface area contributed by atoms with Gasteiger partial charge in [-0.25, -0.2) is 4.79 Å². The van der Waals surface area contributed by atoms with E-state index in [0.29, 0.717) is 17.6 Å². The molecule has 0 unspecified atom stereocenters. The van der Waals surface area contributed by atoms with Gasteiger partial charge < -0.3 is 40.2 Å². The summed E-state index contributed by atoms with van der Waals surface area (Å²) in [5.41, 5.74) is 6.91. The van der Waals surface area contributed by atoms with Crippen molar-refractivity contribution < 1.29 is 38.7 Å². The fraction of sp³-hybridized carbons (Fsp3) is 0.533. The number of methoxy groups -OCH3 is 3. The minimum Gasteiger partial charge on any atom is -0.508 e. The number of carbonyl (C=O) groups excluding carboxylic acids is 2. The molecule has 0 spiro atoms. The Morgan fingerprint density at radius 2 is 1.68 bits per heavy atom. The van der Waals surface area contributed by atoms with E-state index in [1.807, 2.05) is 33.8 Å². The van der Waals surface area contributed by atoms with Crippen molar-refractivity contribution in [2.24, 2.45) is 23.5 Å². The zero-order valence-electron chi connectivity index (χ0n) is 24.6. The quantitative estimate of drug-likeness (QED) is 0.229. The molecule has 40 heavy (non-hydrogen) atoms. The van der Waals surface area contributed by atoms with Crippen LogP contribution in [0, 0.1) is 17.8 Å². The average molecular weight is 561 g/mol. The van der Waals surface area contributed by atoms with Gasteiger partial charge in [-0.1, -0.05) is 45.1 Å². The molecule has 0 saturated carbocycles. The van der Waals surface area contributed by atoms with Crippen LogP contribution in [0.5, 0.6) is 11.5 Å². The van der Waals surface area contributed by atoms with Crippen LogP contribution in [0.1, 0.15) is 52.7 Å². The summed E-state index contributed by atoms with van der Waals surface area (Å²) < 4.78 is 23.0. The van der Waals surface area contributed by atoms with Crippen molar-refractivity contribution in [2.45, 2.75) is 65.5 Å². The van der Waals surface area contributed by atoms with E-state index in [2.05, 4.69) is 5.32 Å². The Morgan fingerprint density at radius 3 is 2.25 bits per heavy atom. The smallest absolute Gasteiger partial charge is 0.405 e. The van der Waals surface area contributed by atoms with Crippen LogP contribution in [0.2, 0.25) is 0 Å². The van der Waals surface area contributed by atoms with Crippen molar-refractivity contribution in [1.29, 1.82) is 0 Å². The molecule has 0 aliphatic carbocycles. The van der Waals surface area contributed by atoms with E-state index < -0.39 is 24.2 Å². The van der Waals surface area contributed by atoms with E-state index in [1.165, 1.54) is 19.2 Å². The lowest BCUT2D eigenvalue weighted by Gasteiger charge is -2.33. The molecule has 1 aromatic rings. The first-order chi connectivity index (χ1) is 18.8. The standard InChI is InChI=1S/C30H44N2O8/c1-16-10-9-11-17(2)29(35)32-23-15-21(33)14-22(25(23)34)27(38-7)20(5)13-24(37-6)28(39-8)19(4)12-18(3)26(16)40-30(31)36/h9-12,14-16,19-20,24,26-28,33-34H,13H2,1-8H3,(H2,31,36)(H,32,35)/b10-9-,17-11-,18-12-/t16-,19-,20-,24+,26-,27-,28-/m1/s1. The maximum Gasteiger partial charge on any atom is 0.405 e. The number of hydrogen-bond donors (Lipinski definition) is 4. The normalized spacial score (nSPS) is 32.2. The van der Waals surface area contributed by atoms with E-state index in [-0.39, 0.29) is 47.1 Å². The molecular formula is C30H44N2O8. The van der Waals surface area contributed by atoms with Crippen LogP contribution in [-0.2, 0) is 23.7 Å². The Bertz CT molecular complexity index is 1130. The van der Waals surface area contributed by atoms with E-state index >= 15 is 0 Å². The Balaban J connectivity index is 2.67. The van der Waals surface area contributed by atoms with Gasteiger partial charge in [0.05, 0.1) is 24.0 Å². The number of rotatable bonds is 4. The Kier molecular flexibility index (Phi) is 12.2. The fourth-order valence-corrected chi connectivity index (χ4v) is 5.30. The predicted octanol–water partition coefficient (Wildman–Crippen LogP) is 4.98. The highest BCUT2D eigenvalue weighted by Gasteiger charge is 2.33. The topological polar surface area (TPSA) is 150 Å². The van der Waals surface area contributed by atoms with Crippen LogP contribution < -0.4 is 11.1 Å². The number of phenolic OH excluding ortho intramolecular Hbond substituents is 2. The number of anilines is 1. The summed E-state index contributed by atoms with van der Waals surface area (Å²) in [6, 6.07) is 2.71. The number of allylic oxidation sites excluding steroid dienone is 2. The molecule has 10 heteroatoms. The molecule has 0 saturated heterocycles. The molecule has 0 radical (unpaired) electrons. The van der Waals surface area contributed by atoms with Gasteiger partial charge in [0.25, 0.3) is 5.91 Å².